The zero-order valence-electron chi connectivity index (χ0n) is 16.8. The summed E-state index contributed by atoms with van der Waals surface area (Å²) in [5.41, 5.74) is 3.17. The van der Waals surface area contributed by atoms with Gasteiger partial charge in [-0.3, -0.25) is 9.59 Å². The molecule has 5 rings (SSSR count). The number of ether oxygens (including phenoxy) is 2. The minimum atomic E-state index is -0.434. The third-order valence-corrected chi connectivity index (χ3v) is 6.15. The van der Waals surface area contributed by atoms with Crippen LogP contribution in [0.25, 0.3) is 0 Å². The predicted octanol–water partition coefficient (Wildman–Crippen LogP) is 1.08. The number of carbonyl (C=O) groups is 2. The van der Waals surface area contributed by atoms with Gasteiger partial charge in [0, 0.05) is 30.3 Å². The number of quaternary nitrogens is 1. The van der Waals surface area contributed by atoms with Crippen LogP contribution >= 0.6 is 0 Å². The molecule has 0 aromatic heterocycles. The van der Waals surface area contributed by atoms with Gasteiger partial charge in [-0.1, -0.05) is 24.3 Å². The number of rotatable bonds is 3. The van der Waals surface area contributed by atoms with E-state index in [2.05, 4.69) is 22.8 Å². The Bertz CT molecular complexity index is 977. The fourth-order valence-electron chi connectivity index (χ4n) is 4.60. The first-order valence-corrected chi connectivity index (χ1v) is 10.6. The van der Waals surface area contributed by atoms with E-state index >= 15 is 0 Å². The summed E-state index contributed by atoms with van der Waals surface area (Å²) in [7, 11) is 0. The molecule has 2 atom stereocenters. The van der Waals surface area contributed by atoms with Crippen molar-refractivity contribution in [2.24, 2.45) is 0 Å². The largest absolute Gasteiger partial charge is 0.486 e. The van der Waals surface area contributed by atoms with Crippen LogP contribution in [0.4, 0.5) is 5.69 Å². The molecule has 0 unspecified atom stereocenters. The molecule has 0 aliphatic carbocycles. The van der Waals surface area contributed by atoms with Crippen molar-refractivity contribution in [2.75, 3.05) is 25.1 Å². The molecular weight excluding hydrogens is 382 g/mol. The van der Waals surface area contributed by atoms with Gasteiger partial charge in [0.2, 0.25) is 5.91 Å². The van der Waals surface area contributed by atoms with Gasteiger partial charge in [0.15, 0.2) is 17.5 Å². The van der Waals surface area contributed by atoms with Crippen LogP contribution in [0.3, 0.4) is 0 Å². The third kappa shape index (κ3) is 3.61. The summed E-state index contributed by atoms with van der Waals surface area (Å²) < 4.78 is 11.1. The van der Waals surface area contributed by atoms with E-state index in [0.29, 0.717) is 49.8 Å². The summed E-state index contributed by atoms with van der Waals surface area (Å²) >= 11 is 0. The lowest BCUT2D eigenvalue weighted by atomic mass is 9.95. The number of hydrogen-bond donors (Lipinski definition) is 2. The number of nitrogens with one attached hydrogen (secondary N) is 1. The zero-order chi connectivity index (χ0) is 20.5. The second-order valence-corrected chi connectivity index (χ2v) is 8.06. The van der Waals surface area contributed by atoms with Crippen LogP contribution in [0.1, 0.15) is 24.0 Å². The Hall–Kier alpha value is -3.06. The maximum absolute atomic E-state index is 13.2. The summed E-state index contributed by atoms with van der Waals surface area (Å²) in [6.45, 7) is 2.45. The molecule has 7 heteroatoms. The first-order valence-electron chi connectivity index (χ1n) is 10.6. The minimum Gasteiger partial charge on any atom is -0.486 e. The SMILES string of the molecule is O=C(Nc1ccc2c(c1)OCCO2)[C@@H]1CCCN1C(=O)[C@@H]1Cc2ccccc2C[NH2+]1. The first kappa shape index (κ1) is 18.9. The summed E-state index contributed by atoms with van der Waals surface area (Å²) in [4.78, 5) is 28.0. The highest BCUT2D eigenvalue weighted by Gasteiger charge is 2.39. The molecule has 30 heavy (non-hydrogen) atoms. The summed E-state index contributed by atoms with van der Waals surface area (Å²) in [5.74, 6) is 1.23. The molecule has 7 nitrogen and oxygen atoms in total. The number of nitrogens with two attached hydrogens (primary N) is 1. The molecule has 1 saturated heterocycles. The van der Waals surface area contributed by atoms with Crippen LogP contribution in [0.2, 0.25) is 0 Å². The van der Waals surface area contributed by atoms with E-state index in [1.54, 1.807) is 23.1 Å². The van der Waals surface area contributed by atoms with Gasteiger partial charge < -0.3 is 25.0 Å². The van der Waals surface area contributed by atoms with Crippen LogP contribution in [-0.4, -0.2) is 48.6 Å². The van der Waals surface area contributed by atoms with Crippen molar-refractivity contribution in [3.63, 3.8) is 0 Å². The normalized spacial score (nSPS) is 22.3. The molecule has 2 amide bonds. The van der Waals surface area contributed by atoms with Crippen LogP contribution in [0, 0.1) is 0 Å². The Labute approximate surface area is 175 Å². The highest BCUT2D eigenvalue weighted by atomic mass is 16.6. The monoisotopic (exact) mass is 408 g/mol. The van der Waals surface area contributed by atoms with Crippen LogP contribution in [0.15, 0.2) is 42.5 Å². The van der Waals surface area contributed by atoms with Crippen molar-refractivity contribution in [3.05, 3.63) is 53.6 Å². The average Bonchev–Trinajstić information content (AvgIpc) is 3.28. The van der Waals surface area contributed by atoms with E-state index < -0.39 is 6.04 Å². The Kier molecular flexibility index (Phi) is 5.04. The number of anilines is 1. The Morgan fingerprint density at radius 3 is 2.70 bits per heavy atom. The fraction of sp³-hybridized carbons (Fsp3) is 0.391. The Morgan fingerprint density at radius 1 is 1.03 bits per heavy atom. The second-order valence-electron chi connectivity index (χ2n) is 8.06. The number of fused-ring (bicyclic) bond motifs is 2. The standard InChI is InChI=1S/C23H25N3O4/c27-22(25-17-7-8-20-21(13-17)30-11-10-29-20)19-6-3-9-26(19)23(28)18-12-15-4-1-2-5-16(15)14-24-18/h1-2,4-5,7-8,13,18-19,24H,3,6,9-12,14H2,(H,25,27)/p+1/t18-,19-/m0/s1. The fourth-order valence-corrected chi connectivity index (χ4v) is 4.60. The molecule has 3 aliphatic heterocycles. The van der Waals surface area contributed by atoms with Gasteiger partial charge in [0.25, 0.3) is 5.91 Å². The predicted molar refractivity (Wildman–Crippen MR) is 110 cm³/mol. The van der Waals surface area contributed by atoms with E-state index in [1.807, 2.05) is 12.1 Å². The number of amides is 2. The van der Waals surface area contributed by atoms with Crippen molar-refractivity contribution in [3.8, 4) is 11.5 Å². The lowest BCUT2D eigenvalue weighted by Crippen LogP contribution is -2.93. The van der Waals surface area contributed by atoms with Crippen LogP contribution in [0.5, 0.6) is 11.5 Å². The lowest BCUT2D eigenvalue weighted by molar-refractivity contribution is -0.695. The van der Waals surface area contributed by atoms with E-state index in [-0.39, 0.29) is 17.9 Å². The number of carbonyl (C=O) groups excluding carboxylic acids is 2. The second kappa shape index (κ2) is 7.99. The molecule has 3 aliphatic rings. The highest BCUT2D eigenvalue weighted by Crippen LogP contribution is 2.33. The minimum absolute atomic E-state index is 0.0596. The summed E-state index contributed by atoms with van der Waals surface area (Å²) in [5, 5.41) is 5.05. The first-order chi connectivity index (χ1) is 14.7. The zero-order valence-corrected chi connectivity index (χ0v) is 16.8. The molecule has 2 aromatic rings. The van der Waals surface area contributed by atoms with Gasteiger partial charge >= 0.3 is 0 Å². The van der Waals surface area contributed by atoms with Gasteiger partial charge in [-0.2, -0.15) is 0 Å². The molecule has 0 saturated carbocycles. The maximum atomic E-state index is 13.2. The molecular formula is C23H26N3O4+. The smallest absolute Gasteiger partial charge is 0.281 e. The summed E-state index contributed by atoms with van der Waals surface area (Å²) in [6.07, 6.45) is 2.24. The van der Waals surface area contributed by atoms with Gasteiger partial charge in [-0.05, 0) is 30.5 Å². The van der Waals surface area contributed by atoms with Crippen molar-refractivity contribution in [1.29, 1.82) is 0 Å². The highest BCUT2D eigenvalue weighted by molar-refractivity contribution is 5.98. The van der Waals surface area contributed by atoms with Crippen molar-refractivity contribution in [2.45, 2.75) is 37.9 Å². The molecule has 156 valence electrons. The molecule has 0 bridgehead atoms. The number of nitrogens with zero attached hydrogens (tertiary/aromatic N) is 1. The molecule has 2 aromatic carbocycles. The van der Waals surface area contributed by atoms with E-state index in [1.165, 1.54) is 11.1 Å². The van der Waals surface area contributed by atoms with E-state index in [4.69, 9.17) is 9.47 Å². The number of likely N-dealkylation sites (tertiary alicyclic amines) is 1. The van der Waals surface area contributed by atoms with Gasteiger partial charge in [0.05, 0.1) is 0 Å². The molecule has 0 spiro atoms. The number of benzene rings is 2. The quantitative estimate of drug-likeness (QED) is 0.796. The van der Waals surface area contributed by atoms with Crippen molar-refractivity contribution in [1.82, 2.24) is 4.90 Å². The van der Waals surface area contributed by atoms with Crippen molar-refractivity contribution < 1.29 is 24.4 Å². The third-order valence-electron chi connectivity index (χ3n) is 6.15. The molecule has 3 N–H and O–H groups in total. The molecule has 0 radical (unpaired) electrons. The van der Waals surface area contributed by atoms with E-state index in [9.17, 15) is 9.59 Å². The van der Waals surface area contributed by atoms with Gasteiger partial charge in [-0.15, -0.1) is 0 Å². The lowest BCUT2D eigenvalue weighted by Gasteiger charge is -2.29. The maximum Gasteiger partial charge on any atom is 0.281 e. The molecule has 1 fully saturated rings. The van der Waals surface area contributed by atoms with Gasteiger partial charge in [0.1, 0.15) is 25.8 Å². The van der Waals surface area contributed by atoms with Crippen molar-refractivity contribution >= 4 is 17.5 Å². The van der Waals surface area contributed by atoms with E-state index in [0.717, 1.165) is 13.0 Å². The van der Waals surface area contributed by atoms with Gasteiger partial charge in [-0.25, -0.2) is 0 Å². The summed E-state index contributed by atoms with van der Waals surface area (Å²) in [6, 6.07) is 13.1. The average molecular weight is 408 g/mol. The van der Waals surface area contributed by atoms with Crippen LogP contribution < -0.4 is 20.1 Å². The molecule has 3 heterocycles. The van der Waals surface area contributed by atoms with Crippen LogP contribution in [-0.2, 0) is 22.6 Å². The topological polar surface area (TPSA) is 84.5 Å². The number of hydrogen-bond acceptors (Lipinski definition) is 4. The Morgan fingerprint density at radius 2 is 1.83 bits per heavy atom. The Balaban J connectivity index is 1.27.